The van der Waals surface area contributed by atoms with Crippen molar-refractivity contribution in [3.63, 3.8) is 0 Å². The van der Waals surface area contributed by atoms with Crippen LogP contribution in [0.15, 0.2) is 60.7 Å². The van der Waals surface area contributed by atoms with E-state index in [9.17, 15) is 9.59 Å². The third kappa shape index (κ3) is 3.98. The van der Waals surface area contributed by atoms with E-state index in [4.69, 9.17) is 4.74 Å². The number of rotatable bonds is 5. The fraction of sp³-hybridized carbons (Fsp3) is 0.227. The van der Waals surface area contributed by atoms with E-state index < -0.39 is 11.9 Å². The minimum Gasteiger partial charge on any atom is -0.489 e. The van der Waals surface area contributed by atoms with Crippen molar-refractivity contribution in [3.8, 4) is 5.75 Å². The molecule has 0 saturated heterocycles. The second-order valence-corrected chi connectivity index (χ2v) is 7.17. The average molecular weight is 405 g/mol. The summed E-state index contributed by atoms with van der Waals surface area (Å²) >= 11 is 0. The molecule has 0 bridgehead atoms. The number of ether oxygens (including phenoxy) is 1. The Bertz CT molecular complexity index is 1050. The number of carbonyl (C=O) groups excluding carboxylic acids is 2. The van der Waals surface area contributed by atoms with Crippen LogP contribution in [0.25, 0.3) is 0 Å². The summed E-state index contributed by atoms with van der Waals surface area (Å²) in [7, 11) is 3.63. The number of hydrogen-bond donors (Lipinski definition) is 2. The number of benzene rings is 2. The van der Waals surface area contributed by atoms with Gasteiger partial charge in [-0.1, -0.05) is 30.3 Å². The van der Waals surface area contributed by atoms with Gasteiger partial charge < -0.3 is 19.9 Å². The molecule has 0 fully saturated rings. The Morgan fingerprint density at radius 2 is 1.97 bits per heavy atom. The standard InChI is InChI=1S/C22H23N5O3/c1-26(16-8-4-3-5-9-16)13-15-12-17(25-24-15)21(28)23-18-14-30-20-11-7-6-10-19(20)27(2)22(18)29/h3-12,18H,13-14H2,1-2H3,(H,23,28)(H,24,25)/t18-/m1/s1. The highest BCUT2D eigenvalue weighted by molar-refractivity contribution is 6.02. The lowest BCUT2D eigenvalue weighted by atomic mass is 10.2. The molecule has 2 heterocycles. The van der Waals surface area contributed by atoms with Crippen LogP contribution in [0, 0.1) is 0 Å². The van der Waals surface area contributed by atoms with Crippen LogP contribution in [0.5, 0.6) is 5.75 Å². The average Bonchev–Trinajstić information content (AvgIpc) is 3.20. The van der Waals surface area contributed by atoms with Gasteiger partial charge in [-0.2, -0.15) is 5.10 Å². The molecule has 30 heavy (non-hydrogen) atoms. The first-order chi connectivity index (χ1) is 14.5. The maximum Gasteiger partial charge on any atom is 0.272 e. The topological polar surface area (TPSA) is 90.6 Å². The summed E-state index contributed by atoms with van der Waals surface area (Å²) < 4.78 is 5.73. The van der Waals surface area contributed by atoms with Crippen LogP contribution in [0.4, 0.5) is 11.4 Å². The van der Waals surface area contributed by atoms with Crippen molar-refractivity contribution in [1.82, 2.24) is 15.5 Å². The van der Waals surface area contributed by atoms with Crippen molar-refractivity contribution in [2.24, 2.45) is 0 Å². The van der Waals surface area contributed by atoms with E-state index in [2.05, 4.69) is 15.5 Å². The maximum atomic E-state index is 12.8. The molecule has 0 unspecified atom stereocenters. The van der Waals surface area contributed by atoms with Crippen molar-refractivity contribution in [2.45, 2.75) is 12.6 Å². The monoisotopic (exact) mass is 405 g/mol. The number of H-pyrrole nitrogens is 1. The van der Waals surface area contributed by atoms with Gasteiger partial charge in [0.25, 0.3) is 11.8 Å². The molecule has 3 aromatic rings. The van der Waals surface area contributed by atoms with Crippen LogP contribution >= 0.6 is 0 Å². The summed E-state index contributed by atoms with van der Waals surface area (Å²) in [6, 6.07) is 18.1. The van der Waals surface area contributed by atoms with Gasteiger partial charge in [-0.3, -0.25) is 14.7 Å². The predicted octanol–water partition coefficient (Wildman–Crippen LogP) is 2.20. The van der Waals surface area contributed by atoms with Gasteiger partial charge in [-0.05, 0) is 30.3 Å². The number of likely N-dealkylation sites (N-methyl/N-ethyl adjacent to an activating group) is 1. The Morgan fingerprint density at radius 3 is 2.77 bits per heavy atom. The highest BCUT2D eigenvalue weighted by Gasteiger charge is 2.31. The Kier molecular flexibility index (Phi) is 5.38. The quantitative estimate of drug-likeness (QED) is 0.679. The summed E-state index contributed by atoms with van der Waals surface area (Å²) in [6.07, 6.45) is 0. The third-order valence-corrected chi connectivity index (χ3v) is 5.03. The molecule has 0 spiro atoms. The number of para-hydroxylation sites is 3. The first kappa shape index (κ1) is 19.5. The number of aromatic amines is 1. The van der Waals surface area contributed by atoms with E-state index in [0.29, 0.717) is 18.0 Å². The second-order valence-electron chi connectivity index (χ2n) is 7.17. The third-order valence-electron chi connectivity index (χ3n) is 5.03. The molecule has 0 saturated carbocycles. The molecule has 8 nitrogen and oxygen atoms in total. The van der Waals surface area contributed by atoms with Crippen LogP contribution in [-0.4, -0.2) is 48.8 Å². The number of aromatic nitrogens is 2. The fourth-order valence-electron chi connectivity index (χ4n) is 3.38. The van der Waals surface area contributed by atoms with E-state index in [1.54, 1.807) is 25.2 Å². The molecule has 1 aliphatic heterocycles. The molecular formula is C22H23N5O3. The van der Waals surface area contributed by atoms with Crippen LogP contribution in [0.2, 0.25) is 0 Å². The van der Waals surface area contributed by atoms with Crippen molar-refractivity contribution in [2.75, 3.05) is 30.5 Å². The van der Waals surface area contributed by atoms with Crippen molar-refractivity contribution in [1.29, 1.82) is 0 Å². The molecule has 154 valence electrons. The summed E-state index contributed by atoms with van der Waals surface area (Å²) in [6.45, 7) is 0.619. The predicted molar refractivity (Wildman–Crippen MR) is 114 cm³/mol. The lowest BCUT2D eigenvalue weighted by Gasteiger charge is -2.20. The second kappa shape index (κ2) is 8.28. The number of nitrogens with one attached hydrogen (secondary N) is 2. The number of nitrogens with zero attached hydrogens (tertiary/aromatic N) is 3. The molecule has 1 atom stereocenters. The first-order valence-electron chi connectivity index (χ1n) is 9.63. The van der Waals surface area contributed by atoms with Crippen molar-refractivity contribution in [3.05, 3.63) is 72.1 Å². The van der Waals surface area contributed by atoms with Crippen molar-refractivity contribution < 1.29 is 14.3 Å². The van der Waals surface area contributed by atoms with E-state index in [1.807, 2.05) is 54.4 Å². The van der Waals surface area contributed by atoms with Gasteiger partial charge in [0.2, 0.25) is 0 Å². The van der Waals surface area contributed by atoms with Crippen molar-refractivity contribution >= 4 is 23.2 Å². The Balaban J connectivity index is 1.42. The van der Waals surface area contributed by atoms with E-state index in [-0.39, 0.29) is 18.2 Å². The van der Waals surface area contributed by atoms with Gasteiger partial charge in [0.15, 0.2) is 0 Å². The summed E-state index contributed by atoms with van der Waals surface area (Å²) in [4.78, 5) is 29.0. The highest BCUT2D eigenvalue weighted by Crippen LogP contribution is 2.29. The number of fused-ring (bicyclic) bond motifs is 1. The molecule has 0 aliphatic carbocycles. The zero-order valence-corrected chi connectivity index (χ0v) is 16.8. The highest BCUT2D eigenvalue weighted by atomic mass is 16.5. The lowest BCUT2D eigenvalue weighted by molar-refractivity contribution is -0.120. The van der Waals surface area contributed by atoms with Crippen LogP contribution in [0.3, 0.4) is 0 Å². The number of anilines is 2. The minimum atomic E-state index is -0.804. The van der Waals surface area contributed by atoms with Crippen LogP contribution in [0.1, 0.15) is 16.2 Å². The number of amides is 2. The zero-order chi connectivity index (χ0) is 21.1. The lowest BCUT2D eigenvalue weighted by Crippen LogP contribution is -2.49. The van der Waals surface area contributed by atoms with E-state index in [1.165, 1.54) is 4.90 Å². The van der Waals surface area contributed by atoms with Gasteiger partial charge in [-0.25, -0.2) is 0 Å². The molecule has 0 radical (unpaired) electrons. The van der Waals surface area contributed by atoms with Gasteiger partial charge in [0, 0.05) is 19.8 Å². The van der Waals surface area contributed by atoms with E-state index in [0.717, 1.165) is 11.4 Å². The Labute approximate surface area is 174 Å². The van der Waals surface area contributed by atoms with Gasteiger partial charge in [-0.15, -0.1) is 0 Å². The summed E-state index contributed by atoms with van der Waals surface area (Å²) in [5.41, 5.74) is 2.75. The fourth-order valence-corrected chi connectivity index (χ4v) is 3.38. The number of hydrogen-bond acceptors (Lipinski definition) is 5. The van der Waals surface area contributed by atoms with Crippen LogP contribution < -0.4 is 19.9 Å². The van der Waals surface area contributed by atoms with Gasteiger partial charge in [0.05, 0.1) is 17.9 Å². The minimum absolute atomic E-state index is 0.0555. The van der Waals surface area contributed by atoms with Gasteiger partial charge >= 0.3 is 0 Å². The molecule has 1 aromatic heterocycles. The first-order valence-corrected chi connectivity index (χ1v) is 9.63. The Hall–Kier alpha value is -3.81. The molecule has 4 rings (SSSR count). The van der Waals surface area contributed by atoms with Gasteiger partial charge in [0.1, 0.15) is 24.1 Å². The smallest absolute Gasteiger partial charge is 0.272 e. The molecule has 2 aromatic carbocycles. The molecular weight excluding hydrogens is 382 g/mol. The Morgan fingerprint density at radius 1 is 1.23 bits per heavy atom. The molecule has 1 aliphatic rings. The van der Waals surface area contributed by atoms with E-state index >= 15 is 0 Å². The number of carbonyl (C=O) groups is 2. The normalized spacial score (nSPS) is 15.7. The SMILES string of the molecule is CN(Cc1cc(C(=O)N[C@@H]2COc3ccccc3N(C)C2=O)n[nH]1)c1ccccc1. The largest absolute Gasteiger partial charge is 0.489 e. The maximum absolute atomic E-state index is 12.8. The summed E-state index contributed by atoms with van der Waals surface area (Å²) in [5.74, 6) is -0.0647. The zero-order valence-electron chi connectivity index (χ0n) is 16.8. The molecule has 2 amide bonds. The van der Waals surface area contributed by atoms with Crippen LogP contribution in [-0.2, 0) is 11.3 Å². The molecule has 2 N–H and O–H groups in total. The summed E-state index contributed by atoms with van der Waals surface area (Å²) in [5, 5.41) is 9.74. The molecule has 8 heteroatoms.